The third-order valence-electron chi connectivity index (χ3n) is 6.99. The van der Waals surface area contributed by atoms with Gasteiger partial charge in [-0.25, -0.2) is 10.8 Å². The molecular weight excluding hydrogens is 452 g/mol. The highest BCUT2D eigenvalue weighted by atomic mass is 16.5. The van der Waals surface area contributed by atoms with Crippen molar-refractivity contribution in [2.24, 2.45) is 17.5 Å². The number of aromatic nitrogens is 3. The van der Waals surface area contributed by atoms with E-state index in [9.17, 15) is 4.79 Å². The first-order chi connectivity index (χ1) is 17.4. The van der Waals surface area contributed by atoms with Crippen LogP contribution in [-0.2, 0) is 4.74 Å². The van der Waals surface area contributed by atoms with Gasteiger partial charge in [-0.1, -0.05) is 30.3 Å². The molecule has 1 aliphatic heterocycles. The molecule has 3 aromatic heterocycles. The van der Waals surface area contributed by atoms with E-state index in [1.54, 1.807) is 20.2 Å². The maximum absolute atomic E-state index is 12.3. The predicted octanol–water partition coefficient (Wildman–Crippen LogP) is 4.26. The van der Waals surface area contributed by atoms with Crippen LogP contribution in [0.15, 0.2) is 60.4 Å². The first kappa shape index (κ1) is 24.0. The summed E-state index contributed by atoms with van der Waals surface area (Å²) < 4.78 is 7.97. The smallest absolute Gasteiger partial charge is 0.161 e. The molecule has 1 fully saturated rings. The second-order valence-corrected chi connectivity index (χ2v) is 9.53. The molecule has 0 saturated carbocycles. The van der Waals surface area contributed by atoms with Crippen LogP contribution in [0.3, 0.4) is 0 Å². The molecule has 1 aromatic carbocycles. The number of nitrogens with two attached hydrogens (primary N) is 2. The van der Waals surface area contributed by atoms with Crippen LogP contribution < -0.4 is 11.6 Å². The number of nitrogens with zero attached hydrogens (tertiary/aromatic N) is 4. The van der Waals surface area contributed by atoms with E-state index >= 15 is 0 Å². The Morgan fingerprint density at radius 2 is 1.86 bits per heavy atom. The van der Waals surface area contributed by atoms with E-state index in [1.165, 1.54) is 10.6 Å². The Bertz CT molecular complexity index is 1450. The number of hydrogen-bond donors (Lipinski definition) is 2. The average Bonchev–Trinajstić information content (AvgIpc) is 3.18. The molecule has 0 spiro atoms. The molecule has 8 nitrogen and oxygen atoms in total. The monoisotopic (exact) mass is 484 g/mol. The fourth-order valence-corrected chi connectivity index (χ4v) is 5.36. The van der Waals surface area contributed by atoms with E-state index in [2.05, 4.69) is 28.8 Å². The van der Waals surface area contributed by atoms with Gasteiger partial charge in [0.05, 0.1) is 28.5 Å². The summed E-state index contributed by atoms with van der Waals surface area (Å²) in [4.78, 5) is 22.2. The number of hydrogen-bond acceptors (Lipinski definition) is 7. The van der Waals surface area contributed by atoms with Gasteiger partial charge in [0, 0.05) is 43.1 Å². The van der Waals surface area contributed by atoms with Crippen LogP contribution in [0.4, 0.5) is 0 Å². The maximum Gasteiger partial charge on any atom is 0.161 e. The van der Waals surface area contributed by atoms with Crippen molar-refractivity contribution >= 4 is 33.5 Å². The molecule has 36 heavy (non-hydrogen) atoms. The van der Waals surface area contributed by atoms with Crippen LogP contribution in [0, 0.1) is 5.92 Å². The summed E-state index contributed by atoms with van der Waals surface area (Å²) in [6, 6.07) is 16.4. The minimum Gasteiger partial charge on any atom is -0.400 e. The van der Waals surface area contributed by atoms with Gasteiger partial charge in [-0.15, -0.1) is 0 Å². The van der Waals surface area contributed by atoms with Crippen LogP contribution in [0.2, 0.25) is 0 Å². The van der Waals surface area contributed by atoms with Crippen LogP contribution in [0.1, 0.15) is 54.3 Å². The third kappa shape index (κ3) is 4.23. The summed E-state index contributed by atoms with van der Waals surface area (Å²) in [6.07, 6.45) is 3.51. The van der Waals surface area contributed by atoms with Gasteiger partial charge in [-0.2, -0.15) is 0 Å². The summed E-state index contributed by atoms with van der Waals surface area (Å²) in [5.41, 5.74) is 12.4. The Balaban J connectivity index is 1.87. The highest BCUT2D eigenvalue weighted by molar-refractivity contribution is 6.07. The number of rotatable bonds is 6. The molecular formula is C28H32N6O2. The Morgan fingerprint density at radius 1 is 1.14 bits per heavy atom. The number of carbonyl (C=O) groups is 1. The minimum atomic E-state index is -0.0223. The van der Waals surface area contributed by atoms with E-state index < -0.39 is 0 Å². The van der Waals surface area contributed by atoms with Crippen molar-refractivity contribution in [1.29, 1.82) is 0 Å². The van der Waals surface area contributed by atoms with Crippen LogP contribution >= 0.6 is 0 Å². The fraction of sp³-hybridized carbons (Fsp3) is 0.321. The summed E-state index contributed by atoms with van der Waals surface area (Å²) in [7, 11) is 1.75. The second-order valence-electron chi connectivity index (χ2n) is 9.53. The lowest BCUT2D eigenvalue weighted by Gasteiger charge is -2.33. The zero-order valence-corrected chi connectivity index (χ0v) is 20.9. The van der Waals surface area contributed by atoms with Crippen LogP contribution in [0.25, 0.3) is 27.8 Å². The molecule has 0 radical (unpaired) electrons. The molecule has 0 bridgehead atoms. The first-order valence-electron chi connectivity index (χ1n) is 12.3. The van der Waals surface area contributed by atoms with E-state index in [0.717, 1.165) is 48.1 Å². The van der Waals surface area contributed by atoms with Crippen molar-refractivity contribution in [3.05, 3.63) is 77.2 Å². The average molecular weight is 485 g/mol. The van der Waals surface area contributed by atoms with Gasteiger partial charge in [-0.05, 0) is 56.4 Å². The minimum absolute atomic E-state index is 0.0103. The second kappa shape index (κ2) is 9.72. The van der Waals surface area contributed by atoms with E-state index in [1.807, 2.05) is 31.2 Å². The molecule has 186 valence electrons. The Morgan fingerprint density at radius 3 is 2.50 bits per heavy atom. The lowest BCUT2D eigenvalue weighted by molar-refractivity contribution is 0.0552. The Labute approximate surface area is 210 Å². The van der Waals surface area contributed by atoms with E-state index in [0.29, 0.717) is 28.6 Å². The molecule has 1 saturated heterocycles. The number of fused-ring (bicyclic) bond motifs is 3. The number of hydrazine groups is 1. The van der Waals surface area contributed by atoms with Crippen molar-refractivity contribution in [2.45, 2.75) is 32.7 Å². The number of benzene rings is 1. The number of ether oxygens (including phenoxy) is 1. The van der Waals surface area contributed by atoms with Gasteiger partial charge in [0.15, 0.2) is 5.78 Å². The largest absolute Gasteiger partial charge is 0.400 e. The maximum atomic E-state index is 12.3. The highest BCUT2D eigenvalue weighted by Gasteiger charge is 2.31. The van der Waals surface area contributed by atoms with Gasteiger partial charge in [0.25, 0.3) is 0 Å². The Hall–Kier alpha value is -3.75. The van der Waals surface area contributed by atoms with Gasteiger partial charge >= 0.3 is 0 Å². The molecule has 1 unspecified atom stereocenters. The number of Topliss-reactive ketones (excluding diaryl/α,β-unsaturated/α-hetero) is 1. The van der Waals surface area contributed by atoms with Crippen LogP contribution in [-0.4, -0.2) is 45.6 Å². The topological polar surface area (TPSA) is 112 Å². The molecule has 1 atom stereocenters. The molecule has 8 heteroatoms. The molecule has 4 N–H and O–H groups in total. The van der Waals surface area contributed by atoms with Crippen LogP contribution in [0.5, 0.6) is 0 Å². The summed E-state index contributed by atoms with van der Waals surface area (Å²) in [5.74, 6) is 6.44. The van der Waals surface area contributed by atoms with Gasteiger partial charge in [0.2, 0.25) is 0 Å². The number of allylic oxidation sites excluding steroid dienone is 1. The SMILES string of the molecule is CC(=O)c1cnc2c3ccc(/C(=C(\C)N)N(C)N)nc3n(C(c3ccccc3)C3CCOCC3)c2c1. The van der Waals surface area contributed by atoms with E-state index in [4.69, 9.17) is 26.3 Å². The zero-order valence-electron chi connectivity index (χ0n) is 20.9. The standard InChI is InChI=1S/C28H32N6O2/c1-17(29)26(33(3)30)23-10-9-22-25-24(15-21(16-31-25)18(2)35)34(28(22)32-23)27(19-7-5-4-6-8-19)20-11-13-36-14-12-20/h4-10,15-16,20,27H,11-14,29-30H2,1-3H3/b26-17-. The lowest BCUT2D eigenvalue weighted by Crippen LogP contribution is -2.28. The molecule has 4 heterocycles. The number of ketones is 1. The Kier molecular flexibility index (Phi) is 6.47. The van der Waals surface area contributed by atoms with Gasteiger partial charge in [0.1, 0.15) is 5.65 Å². The lowest BCUT2D eigenvalue weighted by atomic mass is 9.86. The molecule has 0 aliphatic carbocycles. The summed E-state index contributed by atoms with van der Waals surface area (Å²) >= 11 is 0. The van der Waals surface area contributed by atoms with Crippen molar-refractivity contribution < 1.29 is 9.53 Å². The number of carbonyl (C=O) groups excluding carboxylic acids is 1. The fourth-order valence-electron chi connectivity index (χ4n) is 5.36. The summed E-state index contributed by atoms with van der Waals surface area (Å²) in [6.45, 7) is 4.82. The van der Waals surface area contributed by atoms with Crippen molar-refractivity contribution in [1.82, 2.24) is 19.5 Å². The predicted molar refractivity (Wildman–Crippen MR) is 142 cm³/mol. The van der Waals surface area contributed by atoms with E-state index in [-0.39, 0.29) is 11.8 Å². The van der Waals surface area contributed by atoms with Gasteiger partial charge < -0.3 is 20.0 Å². The number of pyridine rings is 2. The first-order valence-corrected chi connectivity index (χ1v) is 12.3. The highest BCUT2D eigenvalue weighted by Crippen LogP contribution is 2.40. The van der Waals surface area contributed by atoms with Crippen molar-refractivity contribution in [2.75, 3.05) is 20.3 Å². The third-order valence-corrected chi connectivity index (χ3v) is 6.99. The zero-order chi connectivity index (χ0) is 25.4. The molecule has 0 amide bonds. The normalized spacial score (nSPS) is 16.2. The van der Waals surface area contributed by atoms with Crippen molar-refractivity contribution in [3.63, 3.8) is 0 Å². The van der Waals surface area contributed by atoms with Gasteiger partial charge in [-0.3, -0.25) is 9.78 Å². The van der Waals surface area contributed by atoms with Crippen molar-refractivity contribution in [3.8, 4) is 0 Å². The molecule has 1 aliphatic rings. The molecule has 4 aromatic rings. The summed E-state index contributed by atoms with van der Waals surface area (Å²) in [5, 5.41) is 2.42. The quantitative estimate of drug-likeness (QED) is 0.239. The molecule has 5 rings (SSSR count).